The van der Waals surface area contributed by atoms with Crippen molar-refractivity contribution < 1.29 is 30.0 Å². The third-order valence-electron chi connectivity index (χ3n) is 2.04. The maximum atomic E-state index is 9.41. The number of phenolic OH excluding ortho intramolecular Hbond substituents is 2. The largest absolute Gasteiger partial charge is 0.508 e. The molecule has 4 N–H and O–H groups in total. The third-order valence-corrected chi connectivity index (χ3v) is 2.04. The Morgan fingerprint density at radius 2 is 1.21 bits per heavy atom. The third kappa shape index (κ3) is 9.46. The summed E-state index contributed by atoms with van der Waals surface area (Å²) in [6.07, 6.45) is 0. The van der Waals surface area contributed by atoms with Gasteiger partial charge in [0, 0.05) is 19.4 Å². The molecular weight excluding hydrogens is 252 g/mol. The predicted molar refractivity (Wildman–Crippen MR) is 70.6 cm³/mol. The van der Waals surface area contributed by atoms with E-state index in [0.717, 1.165) is 25.0 Å². The van der Waals surface area contributed by atoms with Gasteiger partial charge in [0.15, 0.2) is 0 Å². The standard InChI is InChI=1S/C9H12O2.2C2H4O2/c1-5-4-8(10)7(3)9(11)6(5)2;2*1-2(3)4/h4,10-11H,1-3H3;2*1H3,(H,3,4). The number of hydrogen-bond donors (Lipinski definition) is 4. The van der Waals surface area contributed by atoms with Crippen LogP contribution in [0, 0.1) is 20.8 Å². The molecule has 0 aliphatic carbocycles. The zero-order valence-corrected chi connectivity index (χ0v) is 11.7. The van der Waals surface area contributed by atoms with Gasteiger partial charge in [-0.05, 0) is 38.0 Å². The molecule has 0 aromatic heterocycles. The second kappa shape index (κ2) is 8.79. The minimum Gasteiger partial charge on any atom is -0.508 e. The molecule has 1 aromatic rings. The number of aliphatic carboxylic acids is 2. The Hall–Kier alpha value is -2.24. The van der Waals surface area contributed by atoms with Crippen molar-refractivity contribution in [2.24, 2.45) is 0 Å². The highest BCUT2D eigenvalue weighted by Gasteiger charge is 2.07. The van der Waals surface area contributed by atoms with Crippen molar-refractivity contribution in [2.45, 2.75) is 34.6 Å². The summed E-state index contributed by atoms with van der Waals surface area (Å²) in [6, 6.07) is 1.66. The van der Waals surface area contributed by atoms with E-state index in [1.165, 1.54) is 0 Å². The number of carboxylic acid groups (broad SMARTS) is 2. The highest BCUT2D eigenvalue weighted by Crippen LogP contribution is 2.31. The van der Waals surface area contributed by atoms with Gasteiger partial charge in [0.2, 0.25) is 0 Å². The molecule has 19 heavy (non-hydrogen) atoms. The minimum atomic E-state index is -0.833. The van der Waals surface area contributed by atoms with Crippen molar-refractivity contribution in [3.8, 4) is 11.5 Å². The molecule has 0 unspecified atom stereocenters. The number of phenols is 2. The molecule has 0 atom stereocenters. The molecule has 0 bridgehead atoms. The highest BCUT2D eigenvalue weighted by molar-refractivity contribution is 5.63. The molecule has 0 aliphatic heterocycles. The molecule has 0 heterocycles. The van der Waals surface area contributed by atoms with Crippen LogP contribution in [0.3, 0.4) is 0 Å². The molecule has 0 saturated heterocycles. The lowest BCUT2D eigenvalue weighted by Crippen LogP contribution is -1.85. The van der Waals surface area contributed by atoms with Gasteiger partial charge in [-0.1, -0.05) is 0 Å². The Bertz CT molecular complexity index is 405. The monoisotopic (exact) mass is 272 g/mol. The number of carboxylic acids is 2. The Balaban J connectivity index is 0. The Morgan fingerprint density at radius 1 is 0.895 bits per heavy atom. The van der Waals surface area contributed by atoms with E-state index < -0.39 is 11.9 Å². The van der Waals surface area contributed by atoms with Crippen LogP contribution >= 0.6 is 0 Å². The van der Waals surface area contributed by atoms with Gasteiger partial charge in [-0.15, -0.1) is 0 Å². The SMILES string of the molecule is CC(=O)O.CC(=O)O.Cc1cc(O)c(C)c(O)c1C. The molecule has 0 spiro atoms. The van der Waals surface area contributed by atoms with Crippen LogP contribution in [0.25, 0.3) is 0 Å². The summed E-state index contributed by atoms with van der Waals surface area (Å²) in [5.74, 6) is -1.31. The molecule has 6 heteroatoms. The van der Waals surface area contributed by atoms with Crippen molar-refractivity contribution in [1.82, 2.24) is 0 Å². The van der Waals surface area contributed by atoms with Crippen LogP contribution in [-0.4, -0.2) is 32.4 Å². The highest BCUT2D eigenvalue weighted by atomic mass is 16.4. The van der Waals surface area contributed by atoms with Crippen LogP contribution in [0.4, 0.5) is 0 Å². The average Bonchev–Trinajstić information content (AvgIpc) is 2.22. The summed E-state index contributed by atoms with van der Waals surface area (Å²) in [5, 5.41) is 33.5. The number of rotatable bonds is 0. The molecule has 0 fully saturated rings. The van der Waals surface area contributed by atoms with Crippen molar-refractivity contribution in [1.29, 1.82) is 0 Å². The second-order valence-electron chi connectivity index (χ2n) is 3.85. The smallest absolute Gasteiger partial charge is 0.300 e. The minimum absolute atomic E-state index is 0.158. The lowest BCUT2D eigenvalue weighted by atomic mass is 10.0. The summed E-state index contributed by atoms with van der Waals surface area (Å²) >= 11 is 0. The topological polar surface area (TPSA) is 115 Å². The number of aromatic hydroxyl groups is 2. The van der Waals surface area contributed by atoms with Gasteiger partial charge < -0.3 is 20.4 Å². The van der Waals surface area contributed by atoms with E-state index in [0.29, 0.717) is 5.56 Å². The van der Waals surface area contributed by atoms with Crippen LogP contribution in [0.5, 0.6) is 11.5 Å². The van der Waals surface area contributed by atoms with Crippen LogP contribution in [0.1, 0.15) is 30.5 Å². The van der Waals surface area contributed by atoms with E-state index in [2.05, 4.69) is 0 Å². The van der Waals surface area contributed by atoms with Crippen LogP contribution in [0.2, 0.25) is 0 Å². The van der Waals surface area contributed by atoms with Gasteiger partial charge in [-0.2, -0.15) is 0 Å². The average molecular weight is 272 g/mol. The number of aryl methyl sites for hydroxylation is 1. The molecular formula is C13H20O6. The van der Waals surface area contributed by atoms with Crippen molar-refractivity contribution in [3.63, 3.8) is 0 Å². The first-order valence-corrected chi connectivity index (χ1v) is 5.38. The van der Waals surface area contributed by atoms with Crippen molar-refractivity contribution in [2.75, 3.05) is 0 Å². The van der Waals surface area contributed by atoms with Crippen LogP contribution < -0.4 is 0 Å². The number of benzene rings is 1. The van der Waals surface area contributed by atoms with E-state index in [1.807, 2.05) is 13.8 Å². The van der Waals surface area contributed by atoms with E-state index in [4.69, 9.17) is 19.8 Å². The second-order valence-corrected chi connectivity index (χ2v) is 3.85. The molecule has 0 amide bonds. The van der Waals surface area contributed by atoms with E-state index in [1.54, 1.807) is 13.0 Å². The maximum absolute atomic E-state index is 9.41. The van der Waals surface area contributed by atoms with E-state index in [9.17, 15) is 10.2 Å². The Labute approximate surface area is 111 Å². The molecule has 1 rings (SSSR count). The molecule has 0 saturated carbocycles. The van der Waals surface area contributed by atoms with Gasteiger partial charge in [0.05, 0.1) is 0 Å². The molecule has 1 aromatic carbocycles. The summed E-state index contributed by atoms with van der Waals surface area (Å²) < 4.78 is 0. The van der Waals surface area contributed by atoms with Crippen molar-refractivity contribution >= 4 is 11.9 Å². The number of carbonyl (C=O) groups is 2. The fraction of sp³-hybridized carbons (Fsp3) is 0.385. The molecule has 0 aliphatic rings. The first-order valence-electron chi connectivity index (χ1n) is 5.38. The molecule has 108 valence electrons. The fourth-order valence-corrected chi connectivity index (χ4v) is 1.01. The van der Waals surface area contributed by atoms with Gasteiger partial charge in [-0.3, -0.25) is 9.59 Å². The molecule has 6 nitrogen and oxygen atoms in total. The van der Waals surface area contributed by atoms with Crippen LogP contribution in [0.15, 0.2) is 6.07 Å². The summed E-state index contributed by atoms with van der Waals surface area (Å²) in [5.41, 5.74) is 2.29. The quantitative estimate of drug-likeness (QED) is 0.575. The van der Waals surface area contributed by atoms with E-state index in [-0.39, 0.29) is 11.5 Å². The number of hydrogen-bond acceptors (Lipinski definition) is 4. The Morgan fingerprint density at radius 3 is 1.53 bits per heavy atom. The normalized spacial score (nSPS) is 8.47. The zero-order valence-electron chi connectivity index (χ0n) is 11.7. The Kier molecular flexibility index (Phi) is 8.84. The summed E-state index contributed by atoms with van der Waals surface area (Å²) in [6.45, 7) is 7.54. The van der Waals surface area contributed by atoms with E-state index >= 15 is 0 Å². The van der Waals surface area contributed by atoms with Gasteiger partial charge in [0.25, 0.3) is 11.9 Å². The summed E-state index contributed by atoms with van der Waals surface area (Å²) in [7, 11) is 0. The van der Waals surface area contributed by atoms with Gasteiger partial charge in [-0.25, -0.2) is 0 Å². The fourth-order valence-electron chi connectivity index (χ4n) is 1.01. The van der Waals surface area contributed by atoms with Gasteiger partial charge >= 0.3 is 0 Å². The zero-order chi connectivity index (χ0) is 15.7. The molecule has 0 radical (unpaired) electrons. The maximum Gasteiger partial charge on any atom is 0.300 e. The lowest BCUT2D eigenvalue weighted by molar-refractivity contribution is -0.135. The van der Waals surface area contributed by atoms with Crippen LogP contribution in [-0.2, 0) is 9.59 Å². The first kappa shape index (κ1) is 19.1. The lowest BCUT2D eigenvalue weighted by Gasteiger charge is -2.07. The summed E-state index contributed by atoms with van der Waals surface area (Å²) in [4.78, 5) is 18.0. The first-order chi connectivity index (χ1) is 8.50. The van der Waals surface area contributed by atoms with Crippen molar-refractivity contribution in [3.05, 3.63) is 22.8 Å². The predicted octanol–water partition coefficient (Wildman–Crippen LogP) is 2.20. The van der Waals surface area contributed by atoms with Gasteiger partial charge in [0.1, 0.15) is 11.5 Å².